The van der Waals surface area contributed by atoms with Gasteiger partial charge in [0.1, 0.15) is 0 Å². The monoisotopic (exact) mass is 144 g/mol. The van der Waals surface area contributed by atoms with E-state index in [4.69, 9.17) is 4.74 Å². The van der Waals surface area contributed by atoms with Gasteiger partial charge in [-0.3, -0.25) is 0 Å². The third-order valence-electron chi connectivity index (χ3n) is 2.40. The van der Waals surface area contributed by atoms with E-state index in [1.807, 2.05) is 13.8 Å². The minimum atomic E-state index is -0.259. The predicted octanol–water partition coefficient (Wildman–Crippen LogP) is 1.18. The SMILES string of the molecule is CC[C@@H]1O[C@H](C)C(O)C1C. The maximum atomic E-state index is 9.44. The Morgan fingerprint density at radius 3 is 2.20 bits per heavy atom. The van der Waals surface area contributed by atoms with Crippen LogP contribution in [0.3, 0.4) is 0 Å². The van der Waals surface area contributed by atoms with E-state index in [0.29, 0.717) is 5.92 Å². The third kappa shape index (κ3) is 1.18. The normalized spacial score (nSPS) is 48.0. The fourth-order valence-corrected chi connectivity index (χ4v) is 1.60. The van der Waals surface area contributed by atoms with Crippen LogP contribution in [-0.2, 0) is 4.74 Å². The van der Waals surface area contributed by atoms with Gasteiger partial charge in [-0.1, -0.05) is 13.8 Å². The molecule has 0 saturated carbocycles. The van der Waals surface area contributed by atoms with Crippen molar-refractivity contribution in [2.75, 3.05) is 0 Å². The molecule has 60 valence electrons. The van der Waals surface area contributed by atoms with Crippen molar-refractivity contribution in [1.82, 2.24) is 0 Å². The van der Waals surface area contributed by atoms with E-state index in [-0.39, 0.29) is 18.3 Å². The number of hydrogen-bond donors (Lipinski definition) is 1. The van der Waals surface area contributed by atoms with E-state index in [9.17, 15) is 5.11 Å². The van der Waals surface area contributed by atoms with Gasteiger partial charge >= 0.3 is 0 Å². The molecule has 1 rings (SSSR count). The highest BCUT2D eigenvalue weighted by molar-refractivity contribution is 4.84. The molecule has 1 aliphatic heterocycles. The van der Waals surface area contributed by atoms with Crippen molar-refractivity contribution in [1.29, 1.82) is 0 Å². The summed E-state index contributed by atoms with van der Waals surface area (Å²) in [5.41, 5.74) is 0. The van der Waals surface area contributed by atoms with Crippen LogP contribution in [-0.4, -0.2) is 23.4 Å². The first-order chi connectivity index (χ1) is 4.66. The van der Waals surface area contributed by atoms with E-state index in [1.54, 1.807) is 0 Å². The Bertz CT molecular complexity index is 114. The molecule has 0 aromatic rings. The van der Waals surface area contributed by atoms with E-state index < -0.39 is 0 Å². The van der Waals surface area contributed by atoms with Crippen molar-refractivity contribution in [3.63, 3.8) is 0 Å². The number of hydrogen-bond acceptors (Lipinski definition) is 2. The summed E-state index contributed by atoms with van der Waals surface area (Å²) in [6.45, 7) is 6.06. The van der Waals surface area contributed by atoms with Gasteiger partial charge in [0.05, 0.1) is 18.3 Å². The van der Waals surface area contributed by atoms with Gasteiger partial charge in [-0.25, -0.2) is 0 Å². The van der Waals surface area contributed by atoms with E-state index >= 15 is 0 Å². The number of aliphatic hydroxyl groups excluding tert-OH is 1. The highest BCUT2D eigenvalue weighted by atomic mass is 16.5. The van der Waals surface area contributed by atoms with Crippen LogP contribution in [0.2, 0.25) is 0 Å². The first-order valence-electron chi connectivity index (χ1n) is 4.00. The molecule has 1 heterocycles. The highest BCUT2D eigenvalue weighted by Gasteiger charge is 2.36. The lowest BCUT2D eigenvalue weighted by Crippen LogP contribution is -2.23. The Balaban J connectivity index is 2.53. The standard InChI is InChI=1S/C8H16O2/c1-4-7-5(2)8(9)6(3)10-7/h5-9H,4H2,1-3H3/t5?,6-,7+,8?/m1/s1. The zero-order chi connectivity index (χ0) is 7.72. The Labute approximate surface area is 62.2 Å². The van der Waals surface area contributed by atoms with Crippen molar-refractivity contribution in [2.45, 2.75) is 45.5 Å². The molecule has 2 nitrogen and oxygen atoms in total. The van der Waals surface area contributed by atoms with Gasteiger partial charge in [-0.2, -0.15) is 0 Å². The predicted molar refractivity (Wildman–Crippen MR) is 39.8 cm³/mol. The molecule has 1 fully saturated rings. The zero-order valence-corrected chi connectivity index (χ0v) is 6.87. The summed E-state index contributed by atoms with van der Waals surface area (Å²) in [5.74, 6) is 0.306. The average molecular weight is 144 g/mol. The quantitative estimate of drug-likeness (QED) is 0.599. The minimum Gasteiger partial charge on any atom is -0.390 e. The fraction of sp³-hybridized carbons (Fsp3) is 1.00. The molecule has 10 heavy (non-hydrogen) atoms. The van der Waals surface area contributed by atoms with E-state index in [1.165, 1.54) is 0 Å². The summed E-state index contributed by atoms with van der Waals surface area (Å²) in [5, 5.41) is 9.44. The Morgan fingerprint density at radius 1 is 1.40 bits per heavy atom. The van der Waals surface area contributed by atoms with Crippen LogP contribution < -0.4 is 0 Å². The third-order valence-corrected chi connectivity index (χ3v) is 2.40. The molecule has 0 radical (unpaired) electrons. The van der Waals surface area contributed by atoms with Crippen molar-refractivity contribution in [2.24, 2.45) is 5.92 Å². The molecule has 0 spiro atoms. The van der Waals surface area contributed by atoms with Crippen LogP contribution in [0.5, 0.6) is 0 Å². The molecule has 0 aromatic heterocycles. The number of ether oxygens (including phenoxy) is 1. The summed E-state index contributed by atoms with van der Waals surface area (Å²) in [6.07, 6.45) is 1.04. The molecule has 4 atom stereocenters. The average Bonchev–Trinajstić information content (AvgIpc) is 2.17. The molecule has 2 heteroatoms. The molecular weight excluding hydrogens is 128 g/mol. The van der Waals surface area contributed by atoms with Gasteiger partial charge in [0, 0.05) is 5.92 Å². The maximum Gasteiger partial charge on any atom is 0.0849 e. The molecule has 0 aromatic carbocycles. The van der Waals surface area contributed by atoms with Gasteiger partial charge < -0.3 is 9.84 Å². The van der Waals surface area contributed by atoms with Crippen molar-refractivity contribution in [3.05, 3.63) is 0 Å². The first kappa shape index (κ1) is 8.02. The van der Waals surface area contributed by atoms with Crippen LogP contribution in [0, 0.1) is 5.92 Å². The smallest absolute Gasteiger partial charge is 0.0849 e. The molecule has 1 saturated heterocycles. The number of rotatable bonds is 1. The summed E-state index contributed by atoms with van der Waals surface area (Å²) in [4.78, 5) is 0. The number of aliphatic hydroxyl groups is 1. The summed E-state index contributed by atoms with van der Waals surface area (Å²) >= 11 is 0. The topological polar surface area (TPSA) is 29.5 Å². The second-order valence-electron chi connectivity index (χ2n) is 3.14. The van der Waals surface area contributed by atoms with Crippen LogP contribution in [0.25, 0.3) is 0 Å². The Kier molecular flexibility index (Phi) is 2.32. The Hall–Kier alpha value is -0.0800. The lowest BCUT2D eigenvalue weighted by molar-refractivity contribution is 0.0209. The maximum absolute atomic E-state index is 9.44. The van der Waals surface area contributed by atoms with Gasteiger partial charge in [0.2, 0.25) is 0 Å². The van der Waals surface area contributed by atoms with Gasteiger partial charge in [-0.05, 0) is 13.3 Å². The van der Waals surface area contributed by atoms with Gasteiger partial charge in [0.25, 0.3) is 0 Å². The lowest BCUT2D eigenvalue weighted by Gasteiger charge is -2.12. The highest BCUT2D eigenvalue weighted by Crippen LogP contribution is 2.27. The molecule has 0 aliphatic carbocycles. The molecule has 2 unspecified atom stereocenters. The second-order valence-corrected chi connectivity index (χ2v) is 3.14. The second kappa shape index (κ2) is 2.89. The summed E-state index contributed by atoms with van der Waals surface area (Å²) in [6, 6.07) is 0. The molecule has 0 bridgehead atoms. The van der Waals surface area contributed by atoms with Gasteiger partial charge in [0.15, 0.2) is 0 Å². The molecular formula is C8H16O2. The van der Waals surface area contributed by atoms with Crippen molar-refractivity contribution < 1.29 is 9.84 Å². The minimum absolute atomic E-state index is 0.0277. The molecule has 0 amide bonds. The van der Waals surface area contributed by atoms with E-state index in [2.05, 4.69) is 6.92 Å². The van der Waals surface area contributed by atoms with Gasteiger partial charge in [-0.15, -0.1) is 0 Å². The summed E-state index contributed by atoms with van der Waals surface area (Å²) < 4.78 is 5.48. The van der Waals surface area contributed by atoms with E-state index in [0.717, 1.165) is 6.42 Å². The Morgan fingerprint density at radius 2 is 2.00 bits per heavy atom. The fourth-order valence-electron chi connectivity index (χ4n) is 1.60. The zero-order valence-electron chi connectivity index (χ0n) is 6.87. The molecule has 1 N–H and O–H groups in total. The summed E-state index contributed by atoms with van der Waals surface area (Å²) in [7, 11) is 0. The first-order valence-corrected chi connectivity index (χ1v) is 4.00. The van der Waals surface area contributed by atoms with Crippen molar-refractivity contribution >= 4 is 0 Å². The van der Waals surface area contributed by atoms with Crippen LogP contribution in [0.4, 0.5) is 0 Å². The van der Waals surface area contributed by atoms with Crippen LogP contribution in [0.1, 0.15) is 27.2 Å². The lowest BCUT2D eigenvalue weighted by atomic mass is 9.98. The van der Waals surface area contributed by atoms with Crippen LogP contribution in [0.15, 0.2) is 0 Å². The van der Waals surface area contributed by atoms with Crippen molar-refractivity contribution in [3.8, 4) is 0 Å². The largest absolute Gasteiger partial charge is 0.390 e. The molecule has 1 aliphatic rings. The van der Waals surface area contributed by atoms with Crippen LogP contribution >= 0.6 is 0 Å².